The molecule has 0 spiro atoms. The zero-order valence-electron chi connectivity index (χ0n) is 71.1. The highest BCUT2D eigenvalue weighted by molar-refractivity contribution is 6.24. The molecule has 0 unspecified atom stereocenters. The third kappa shape index (κ3) is 29.4. The fourth-order valence-electron chi connectivity index (χ4n) is 16.3. The third-order valence-electron chi connectivity index (χ3n) is 22.8. The largest absolute Gasteiger partial charge is 0.450 e. The van der Waals surface area contributed by atoms with E-state index in [1.54, 1.807) is 39.5 Å². The molecule has 0 radical (unpaired) electrons. The van der Waals surface area contributed by atoms with Gasteiger partial charge in [-0.15, -0.1) is 0 Å². The first-order valence-corrected chi connectivity index (χ1v) is 42.1. The van der Waals surface area contributed by atoms with Crippen LogP contribution in [0.4, 0.5) is 4.79 Å². The van der Waals surface area contributed by atoms with Gasteiger partial charge in [0.05, 0.1) is 30.5 Å². The van der Waals surface area contributed by atoms with E-state index >= 15 is 0 Å². The molecule has 0 aromatic heterocycles. The van der Waals surface area contributed by atoms with Gasteiger partial charge in [-0.3, -0.25) is 52.7 Å². The minimum atomic E-state index is -0.866. The monoisotopic (exact) mass is 1560 g/mol. The average molecular weight is 1560 g/mol. The van der Waals surface area contributed by atoms with Crippen molar-refractivity contribution in [3.8, 4) is 0 Å². The number of Topliss-reactive ketones (excluding diaryl/α,β-unsaturated/α-hetero) is 5. The summed E-state index contributed by atoms with van der Waals surface area (Å²) in [4.78, 5) is 166. The maximum Gasteiger partial charge on any atom is 0.407 e. The van der Waals surface area contributed by atoms with Crippen molar-refractivity contribution in [3.63, 3.8) is 0 Å². The quantitative estimate of drug-likeness (QED) is 0.0274. The van der Waals surface area contributed by atoms with Gasteiger partial charge in [-0.05, 0) is 231 Å². The Labute approximate surface area is 674 Å². The molecule has 9 atom stereocenters. The molecule has 2 aromatic carbocycles. The highest BCUT2D eigenvalue weighted by Crippen LogP contribution is 2.33. The summed E-state index contributed by atoms with van der Waals surface area (Å²) in [6, 6.07) is 17.7. The van der Waals surface area contributed by atoms with Crippen LogP contribution in [0.1, 0.15) is 232 Å². The number of benzene rings is 2. The van der Waals surface area contributed by atoms with Crippen molar-refractivity contribution in [2.24, 2.45) is 59.2 Å². The molecular formula is C93H135N7O13. The molecule has 6 amide bonds. The van der Waals surface area contributed by atoms with Crippen molar-refractivity contribution < 1.29 is 62.3 Å². The van der Waals surface area contributed by atoms with Gasteiger partial charge in [-0.25, -0.2) is 4.79 Å². The summed E-state index contributed by atoms with van der Waals surface area (Å²) >= 11 is 0. The topological polar surface area (TPSA) is 272 Å². The number of carbonyl (C=O) groups is 12. The first-order chi connectivity index (χ1) is 53.5. The maximum atomic E-state index is 14.2. The fourth-order valence-corrected chi connectivity index (χ4v) is 16.3. The SMILES string of the molecule is CC1=C(C)C(=O)C(CCCOC(=O)NCCC[C@H](CC(=O)[C@@H](NC(=O)[C@@H]2CCCN2C(=O)[C@H](/C=C/[C@@H](C)CC(C)C)Cc2ccccc2)C(C)C)C(=O)NC(C)C)=C(C)C1=O.CC1=C(C)C(=O)C(CCN2CCC(C[C@H](CC(=O)[C@@H]3CCCN3C(=O)[C@H](/C=C/[C@@H](C)CC(C)C)Cc3ccccc3)C(=O)NC(C)C)CC2)=CC1=O. The van der Waals surface area contributed by atoms with Crippen molar-refractivity contribution in [1.29, 1.82) is 0 Å². The summed E-state index contributed by atoms with van der Waals surface area (Å²) < 4.78 is 5.30. The molecule has 113 heavy (non-hydrogen) atoms. The van der Waals surface area contributed by atoms with E-state index in [4.69, 9.17) is 4.74 Å². The summed E-state index contributed by atoms with van der Waals surface area (Å²) in [5.74, 6) is -1.71. The molecule has 3 fully saturated rings. The number of alkyl carbamates (subject to hydrolysis) is 1. The fraction of sp³-hybridized carbons (Fsp3) is 0.613. The standard InChI is InChI=1S/C49H72N4O8.C44H63N3O5/c1-30(2)27-33(7)22-23-39(28-37-17-12-11-13-18-37)48(59)53-25-15-21-41(53)47(58)52-43(31(3)4)42(54)29-38(46(57)51-32(5)6)19-14-24-50-49(60)61-26-16-20-40-36(10)44(55)34(8)35(9)45(40)56;1-29(2)24-31(5)15-16-37(25-34-12-9-8-10-13-34)44(52)47-20-11-14-39(47)41(49)28-38(43(51)45-30(3)4)26-35-17-21-46(22-18-35)23-19-36-27-40(48)32(6)33(7)42(36)50/h11-13,17-18,22-23,30-33,38-39,41,43H,14-16,19-21,24-29H2,1-10H3,(H,50,60)(H,51,57)(H,52,58);8-10,12-13,15-16,27,29-31,35,37-39H,11,14,17-26,28H2,1-7H3,(H,45,51)/b23-22+;16-15+/t33-,38-,39-,41+,43+;31-,37-,38-,39+/m11/s1. The second-order valence-electron chi connectivity index (χ2n) is 34.5. The Bertz CT molecular complexity index is 3810. The molecule has 5 aliphatic rings. The van der Waals surface area contributed by atoms with Gasteiger partial charge in [0, 0.05) is 102 Å². The van der Waals surface area contributed by atoms with Gasteiger partial charge in [-0.1, -0.05) is 140 Å². The second-order valence-corrected chi connectivity index (χ2v) is 34.5. The Hall–Kier alpha value is -8.52. The van der Waals surface area contributed by atoms with E-state index in [9.17, 15) is 57.5 Å². The Kier molecular flexibility index (Phi) is 38.1. The molecular weight excluding hydrogens is 1420 g/mol. The summed E-state index contributed by atoms with van der Waals surface area (Å²) in [5, 5.41) is 11.6. The van der Waals surface area contributed by atoms with Crippen LogP contribution in [0, 0.1) is 59.2 Å². The molecule has 20 heteroatoms. The summed E-state index contributed by atoms with van der Waals surface area (Å²) in [5.41, 5.74) is 5.57. The number of piperidine rings is 1. The zero-order chi connectivity index (χ0) is 83.3. The van der Waals surface area contributed by atoms with Gasteiger partial charge < -0.3 is 40.7 Å². The lowest BCUT2D eigenvalue weighted by atomic mass is 9.83. The van der Waals surface area contributed by atoms with E-state index in [0.717, 1.165) is 56.3 Å². The minimum absolute atomic E-state index is 0.000345. The normalized spacial score (nSPS) is 19.3. The number of rotatable bonds is 40. The van der Waals surface area contributed by atoms with Crippen molar-refractivity contribution >= 4 is 70.3 Å². The van der Waals surface area contributed by atoms with Gasteiger partial charge in [0.1, 0.15) is 6.04 Å². The van der Waals surface area contributed by atoms with Crippen LogP contribution in [0.2, 0.25) is 0 Å². The van der Waals surface area contributed by atoms with Crippen molar-refractivity contribution in [3.05, 3.63) is 141 Å². The van der Waals surface area contributed by atoms with Gasteiger partial charge in [0.15, 0.2) is 34.7 Å². The number of hydrogen-bond acceptors (Lipinski definition) is 14. The number of allylic oxidation sites excluding steroid dienone is 9. The van der Waals surface area contributed by atoms with E-state index in [0.29, 0.717) is 159 Å². The van der Waals surface area contributed by atoms with Crippen LogP contribution >= 0.6 is 0 Å². The number of ketones is 6. The maximum absolute atomic E-state index is 14.2. The Morgan fingerprint density at radius 2 is 1.04 bits per heavy atom. The molecule has 0 saturated carbocycles. The number of nitrogens with one attached hydrogen (secondary N) is 4. The molecule has 620 valence electrons. The van der Waals surface area contributed by atoms with Crippen molar-refractivity contribution in [1.82, 2.24) is 36.0 Å². The van der Waals surface area contributed by atoms with Gasteiger partial charge >= 0.3 is 6.09 Å². The van der Waals surface area contributed by atoms with Crippen LogP contribution < -0.4 is 21.3 Å². The van der Waals surface area contributed by atoms with Crippen LogP contribution in [0.25, 0.3) is 0 Å². The Morgan fingerprint density at radius 3 is 1.56 bits per heavy atom. The number of nitrogens with zero attached hydrogens (tertiary/aromatic N) is 3. The lowest BCUT2D eigenvalue weighted by molar-refractivity contribution is -0.141. The summed E-state index contributed by atoms with van der Waals surface area (Å²) in [6.45, 7) is 36.4. The average Bonchev–Trinajstić information content (AvgIpc) is 1.46. The molecule has 7 rings (SSSR count). The molecule has 3 aliphatic heterocycles. The second kappa shape index (κ2) is 46.1. The van der Waals surface area contributed by atoms with E-state index in [1.807, 2.05) is 101 Å². The molecule has 3 heterocycles. The molecule has 2 aromatic rings. The van der Waals surface area contributed by atoms with E-state index in [1.165, 1.54) is 6.08 Å². The van der Waals surface area contributed by atoms with E-state index < -0.39 is 42.0 Å². The lowest BCUT2D eigenvalue weighted by Gasteiger charge is -2.34. The van der Waals surface area contributed by atoms with Crippen LogP contribution in [0.3, 0.4) is 0 Å². The Morgan fingerprint density at radius 1 is 0.531 bits per heavy atom. The summed E-state index contributed by atoms with van der Waals surface area (Å²) in [6.07, 6.45) is 19.3. The molecule has 20 nitrogen and oxygen atoms in total. The number of carbonyl (C=O) groups excluding carboxylic acids is 12. The molecule has 3 saturated heterocycles. The zero-order valence-corrected chi connectivity index (χ0v) is 71.1. The highest BCUT2D eigenvalue weighted by Gasteiger charge is 2.42. The lowest BCUT2D eigenvalue weighted by Crippen LogP contribution is -2.53. The number of ether oxygens (including phenoxy) is 1. The van der Waals surface area contributed by atoms with Gasteiger partial charge in [0.2, 0.25) is 29.5 Å². The number of hydrogen-bond donors (Lipinski definition) is 4. The Balaban J connectivity index is 0.000000356. The van der Waals surface area contributed by atoms with Crippen LogP contribution in [0.5, 0.6) is 0 Å². The third-order valence-corrected chi connectivity index (χ3v) is 22.8. The molecule has 2 aliphatic carbocycles. The van der Waals surface area contributed by atoms with E-state index in [2.05, 4.69) is 98.1 Å². The molecule has 0 bridgehead atoms. The first kappa shape index (κ1) is 93.3. The molecule has 4 N–H and O–H groups in total. The van der Waals surface area contributed by atoms with Crippen LogP contribution in [-0.4, -0.2) is 161 Å². The van der Waals surface area contributed by atoms with Crippen molar-refractivity contribution in [2.75, 3.05) is 45.9 Å². The van der Waals surface area contributed by atoms with Gasteiger partial charge in [0.25, 0.3) is 0 Å². The van der Waals surface area contributed by atoms with Crippen LogP contribution in [-0.2, 0) is 70.3 Å². The van der Waals surface area contributed by atoms with Gasteiger partial charge in [-0.2, -0.15) is 0 Å². The highest BCUT2D eigenvalue weighted by atomic mass is 16.5. The summed E-state index contributed by atoms with van der Waals surface area (Å²) in [7, 11) is 0. The predicted octanol–water partition coefficient (Wildman–Crippen LogP) is 14.5. The first-order valence-electron chi connectivity index (χ1n) is 42.1. The van der Waals surface area contributed by atoms with Crippen LogP contribution in [0.15, 0.2) is 130 Å². The van der Waals surface area contributed by atoms with Crippen molar-refractivity contribution in [2.45, 2.75) is 263 Å². The number of likely N-dealkylation sites (tertiary alicyclic amines) is 3. The predicted molar refractivity (Wildman–Crippen MR) is 446 cm³/mol. The number of amides is 6. The van der Waals surface area contributed by atoms with E-state index in [-0.39, 0.29) is 114 Å². The smallest absolute Gasteiger partial charge is 0.407 e. The minimum Gasteiger partial charge on any atom is -0.450 e.